The van der Waals surface area contributed by atoms with Crippen molar-refractivity contribution in [2.24, 2.45) is 0 Å². The lowest BCUT2D eigenvalue weighted by Crippen LogP contribution is -2.27. The molecule has 2 aromatic rings. The van der Waals surface area contributed by atoms with Crippen LogP contribution in [0, 0.1) is 12.7 Å². The van der Waals surface area contributed by atoms with E-state index in [1.165, 1.54) is 17.4 Å². The highest BCUT2D eigenvalue weighted by atomic mass is 32.2. The molecule has 22 heavy (non-hydrogen) atoms. The molecule has 0 N–H and O–H groups in total. The first kappa shape index (κ1) is 15.0. The molecule has 3 rings (SSSR count). The summed E-state index contributed by atoms with van der Waals surface area (Å²) in [5, 5.41) is 1.57. The largest absolute Gasteiger partial charge is 0.293 e. The van der Waals surface area contributed by atoms with Crippen molar-refractivity contribution in [3.05, 3.63) is 62.4 Å². The Labute approximate surface area is 135 Å². The van der Waals surface area contributed by atoms with Gasteiger partial charge in [-0.15, -0.1) is 11.3 Å². The minimum absolute atomic E-state index is 0.0435. The second kappa shape index (κ2) is 6.06. The maximum Gasteiger partial charge on any atom is 0.293 e. The summed E-state index contributed by atoms with van der Waals surface area (Å²) in [6.07, 6.45) is 1.73. The van der Waals surface area contributed by atoms with Crippen LogP contribution in [-0.2, 0) is 11.3 Å². The van der Waals surface area contributed by atoms with Crippen molar-refractivity contribution in [1.82, 2.24) is 4.90 Å². The van der Waals surface area contributed by atoms with Crippen molar-refractivity contribution in [3.8, 4) is 0 Å². The van der Waals surface area contributed by atoms with Crippen molar-refractivity contribution in [3.63, 3.8) is 0 Å². The average Bonchev–Trinajstić information content (AvgIpc) is 3.00. The van der Waals surface area contributed by atoms with Crippen molar-refractivity contribution in [1.29, 1.82) is 0 Å². The summed E-state index contributed by atoms with van der Waals surface area (Å²) in [6.45, 7) is 1.91. The normalized spacial score (nSPS) is 16.8. The van der Waals surface area contributed by atoms with E-state index < -0.39 is 5.82 Å². The molecule has 2 heterocycles. The molecule has 1 saturated heterocycles. The van der Waals surface area contributed by atoms with E-state index in [0.29, 0.717) is 10.5 Å². The highest BCUT2D eigenvalue weighted by Gasteiger charge is 2.35. The molecule has 1 aromatic heterocycles. The lowest BCUT2D eigenvalue weighted by molar-refractivity contribution is -0.123. The molecule has 0 unspecified atom stereocenters. The molecular weight excluding hydrogens is 321 g/mol. The van der Waals surface area contributed by atoms with Gasteiger partial charge in [0.15, 0.2) is 0 Å². The highest BCUT2D eigenvalue weighted by molar-refractivity contribution is 8.18. The number of imide groups is 1. The number of carbonyl (C=O) groups excluding carboxylic acids is 2. The SMILES string of the molecule is Cc1ccsc1/C=C1/SC(=O)N(Cc2ccccc2F)C1=O. The number of nitrogens with zero attached hydrogens (tertiary/aromatic N) is 1. The molecule has 0 saturated carbocycles. The van der Waals surface area contributed by atoms with Crippen molar-refractivity contribution < 1.29 is 14.0 Å². The fourth-order valence-electron chi connectivity index (χ4n) is 2.08. The summed E-state index contributed by atoms with van der Waals surface area (Å²) in [7, 11) is 0. The first-order valence-electron chi connectivity index (χ1n) is 6.59. The van der Waals surface area contributed by atoms with Gasteiger partial charge < -0.3 is 0 Å². The van der Waals surface area contributed by atoms with E-state index in [1.54, 1.807) is 24.3 Å². The van der Waals surface area contributed by atoms with Gasteiger partial charge in [-0.3, -0.25) is 14.5 Å². The Balaban J connectivity index is 1.85. The van der Waals surface area contributed by atoms with E-state index in [-0.39, 0.29) is 17.7 Å². The molecule has 112 valence electrons. The van der Waals surface area contributed by atoms with Crippen LogP contribution in [0.25, 0.3) is 6.08 Å². The Hall–Kier alpha value is -1.92. The number of thiophene rings is 1. The van der Waals surface area contributed by atoms with Gasteiger partial charge in [0, 0.05) is 10.4 Å². The van der Waals surface area contributed by atoms with Gasteiger partial charge in [-0.1, -0.05) is 18.2 Å². The predicted octanol–water partition coefficient (Wildman–Crippen LogP) is 4.43. The first-order chi connectivity index (χ1) is 10.6. The number of halogens is 1. The third kappa shape index (κ3) is 2.84. The van der Waals surface area contributed by atoms with Crippen LogP contribution in [0.5, 0.6) is 0 Å². The van der Waals surface area contributed by atoms with E-state index >= 15 is 0 Å². The number of benzene rings is 1. The number of hydrogen-bond acceptors (Lipinski definition) is 4. The molecule has 1 aliphatic heterocycles. The maximum absolute atomic E-state index is 13.7. The number of amides is 2. The van der Waals surface area contributed by atoms with Gasteiger partial charge in [0.05, 0.1) is 11.4 Å². The van der Waals surface area contributed by atoms with E-state index in [0.717, 1.165) is 27.1 Å². The molecule has 0 spiro atoms. The predicted molar refractivity (Wildman–Crippen MR) is 87.0 cm³/mol. The average molecular weight is 333 g/mol. The van der Waals surface area contributed by atoms with Crippen LogP contribution >= 0.6 is 23.1 Å². The zero-order chi connectivity index (χ0) is 15.7. The lowest BCUT2D eigenvalue weighted by Gasteiger charge is -2.12. The van der Waals surface area contributed by atoms with Crippen LogP contribution < -0.4 is 0 Å². The summed E-state index contributed by atoms with van der Waals surface area (Å²) in [6, 6.07) is 8.11. The first-order valence-corrected chi connectivity index (χ1v) is 8.29. The van der Waals surface area contributed by atoms with Gasteiger partial charge in [-0.25, -0.2) is 4.39 Å². The van der Waals surface area contributed by atoms with Gasteiger partial charge in [-0.05, 0) is 47.8 Å². The van der Waals surface area contributed by atoms with Gasteiger partial charge >= 0.3 is 0 Å². The molecule has 0 bridgehead atoms. The van der Waals surface area contributed by atoms with Crippen molar-refractivity contribution >= 4 is 40.3 Å². The van der Waals surface area contributed by atoms with Crippen LogP contribution in [0.15, 0.2) is 40.6 Å². The molecule has 0 aliphatic carbocycles. The highest BCUT2D eigenvalue weighted by Crippen LogP contribution is 2.34. The van der Waals surface area contributed by atoms with E-state index in [2.05, 4.69) is 0 Å². The van der Waals surface area contributed by atoms with E-state index in [9.17, 15) is 14.0 Å². The summed E-state index contributed by atoms with van der Waals surface area (Å²) in [5.41, 5.74) is 1.39. The standard InChI is InChI=1S/C16H12FNO2S2/c1-10-6-7-21-13(10)8-14-15(19)18(16(20)22-14)9-11-4-2-3-5-12(11)17/h2-8H,9H2,1H3/b14-8+. The molecule has 1 fully saturated rings. The zero-order valence-corrected chi connectivity index (χ0v) is 13.3. The van der Waals surface area contributed by atoms with Crippen LogP contribution in [0.4, 0.5) is 9.18 Å². The molecule has 2 amide bonds. The third-order valence-corrected chi connectivity index (χ3v) is 5.20. The monoisotopic (exact) mass is 333 g/mol. The van der Waals surface area contributed by atoms with Crippen LogP contribution in [0.2, 0.25) is 0 Å². The minimum atomic E-state index is -0.417. The van der Waals surface area contributed by atoms with E-state index in [1.807, 2.05) is 18.4 Å². The van der Waals surface area contributed by atoms with Crippen molar-refractivity contribution in [2.45, 2.75) is 13.5 Å². The number of hydrogen-bond donors (Lipinski definition) is 0. The molecule has 1 aliphatic rings. The van der Waals surface area contributed by atoms with Crippen molar-refractivity contribution in [2.75, 3.05) is 0 Å². The summed E-state index contributed by atoms with van der Waals surface area (Å²) in [4.78, 5) is 26.8. The number of rotatable bonds is 3. The van der Waals surface area contributed by atoms with Gasteiger partial charge in [0.2, 0.25) is 0 Å². The fourth-order valence-corrected chi connectivity index (χ4v) is 3.84. The van der Waals surface area contributed by atoms with Crippen LogP contribution in [-0.4, -0.2) is 16.0 Å². The molecule has 3 nitrogen and oxygen atoms in total. The van der Waals surface area contributed by atoms with Crippen LogP contribution in [0.1, 0.15) is 16.0 Å². The Bertz CT molecular complexity index is 782. The Morgan fingerprint density at radius 1 is 1.23 bits per heavy atom. The maximum atomic E-state index is 13.7. The molecule has 0 radical (unpaired) electrons. The Kier molecular flexibility index (Phi) is 4.13. The molecule has 1 aromatic carbocycles. The smallest absolute Gasteiger partial charge is 0.268 e. The van der Waals surface area contributed by atoms with Gasteiger partial charge in [0.1, 0.15) is 5.82 Å². The van der Waals surface area contributed by atoms with E-state index in [4.69, 9.17) is 0 Å². The molecule has 6 heteroatoms. The second-order valence-electron chi connectivity index (χ2n) is 4.83. The number of thioether (sulfide) groups is 1. The second-order valence-corrected chi connectivity index (χ2v) is 6.77. The van der Waals surface area contributed by atoms with Crippen LogP contribution in [0.3, 0.4) is 0 Å². The quantitative estimate of drug-likeness (QED) is 0.780. The minimum Gasteiger partial charge on any atom is -0.268 e. The number of aryl methyl sites for hydroxylation is 1. The summed E-state index contributed by atoms with van der Waals surface area (Å²) < 4.78 is 13.7. The fraction of sp³-hybridized carbons (Fsp3) is 0.125. The molecular formula is C16H12FNO2S2. The Morgan fingerprint density at radius 3 is 2.68 bits per heavy atom. The molecule has 0 atom stereocenters. The summed E-state index contributed by atoms with van der Waals surface area (Å²) in [5.74, 6) is -0.786. The summed E-state index contributed by atoms with van der Waals surface area (Å²) >= 11 is 2.41. The Morgan fingerprint density at radius 2 is 2.00 bits per heavy atom. The van der Waals surface area contributed by atoms with Gasteiger partial charge in [-0.2, -0.15) is 0 Å². The topological polar surface area (TPSA) is 37.4 Å². The van der Waals surface area contributed by atoms with Gasteiger partial charge in [0.25, 0.3) is 11.1 Å². The lowest BCUT2D eigenvalue weighted by atomic mass is 10.2. The number of carbonyl (C=O) groups is 2. The third-order valence-electron chi connectivity index (χ3n) is 3.32. The zero-order valence-electron chi connectivity index (χ0n) is 11.7.